The maximum absolute atomic E-state index is 12.3. The summed E-state index contributed by atoms with van der Waals surface area (Å²) in [5, 5.41) is 14.6. The maximum Gasteiger partial charge on any atom is 0.255 e. The molecule has 0 bridgehead atoms. The molecular formula is C13H18N6O3S. The zero-order valence-corrected chi connectivity index (χ0v) is 13.7. The number of carbonyl (C=O) groups excluding carboxylic acids is 1. The van der Waals surface area contributed by atoms with Crippen molar-refractivity contribution in [3.63, 3.8) is 0 Å². The lowest BCUT2D eigenvalue weighted by Gasteiger charge is -2.11. The van der Waals surface area contributed by atoms with Gasteiger partial charge in [-0.2, -0.15) is 5.10 Å². The van der Waals surface area contributed by atoms with Crippen LogP contribution in [0.25, 0.3) is 0 Å². The first kappa shape index (κ1) is 15.7. The van der Waals surface area contributed by atoms with Crippen LogP contribution in [0, 0.1) is 6.92 Å². The van der Waals surface area contributed by atoms with E-state index in [2.05, 4.69) is 20.6 Å². The van der Waals surface area contributed by atoms with E-state index in [4.69, 9.17) is 0 Å². The van der Waals surface area contributed by atoms with Crippen LogP contribution in [0.2, 0.25) is 0 Å². The van der Waals surface area contributed by atoms with Crippen LogP contribution < -0.4 is 5.32 Å². The molecule has 1 atom stereocenters. The highest BCUT2D eigenvalue weighted by atomic mass is 32.2. The zero-order valence-electron chi connectivity index (χ0n) is 12.9. The maximum atomic E-state index is 12.3. The van der Waals surface area contributed by atoms with Gasteiger partial charge >= 0.3 is 0 Å². The summed E-state index contributed by atoms with van der Waals surface area (Å²) in [6.45, 7) is 2.03. The van der Waals surface area contributed by atoms with Crippen LogP contribution in [-0.2, 0) is 23.4 Å². The van der Waals surface area contributed by atoms with E-state index in [9.17, 15) is 13.2 Å². The lowest BCUT2D eigenvalue weighted by molar-refractivity contribution is 0.0948. The minimum atomic E-state index is -3.00. The van der Waals surface area contributed by atoms with E-state index in [1.807, 2.05) is 0 Å². The fourth-order valence-corrected chi connectivity index (χ4v) is 4.40. The number of sulfone groups is 1. The summed E-state index contributed by atoms with van der Waals surface area (Å²) in [6, 6.07) is -0.194. The first-order chi connectivity index (χ1) is 10.9. The number of rotatable bonds is 4. The summed E-state index contributed by atoms with van der Waals surface area (Å²) < 4.78 is 26.6. The Morgan fingerprint density at radius 3 is 2.87 bits per heavy atom. The molecule has 0 spiro atoms. The third-order valence-electron chi connectivity index (χ3n) is 4.06. The molecule has 23 heavy (non-hydrogen) atoms. The number of aryl methyl sites for hydroxylation is 1. The van der Waals surface area contributed by atoms with Crippen molar-refractivity contribution in [1.82, 2.24) is 29.9 Å². The van der Waals surface area contributed by atoms with Gasteiger partial charge in [0.25, 0.3) is 5.91 Å². The van der Waals surface area contributed by atoms with Gasteiger partial charge in [-0.3, -0.25) is 9.48 Å². The van der Waals surface area contributed by atoms with E-state index >= 15 is 0 Å². The molecule has 1 N–H and O–H groups in total. The molecule has 0 radical (unpaired) electrons. The van der Waals surface area contributed by atoms with Crippen molar-refractivity contribution >= 4 is 15.7 Å². The number of carbonyl (C=O) groups is 1. The quantitative estimate of drug-likeness (QED) is 0.812. The van der Waals surface area contributed by atoms with Crippen LogP contribution in [0.5, 0.6) is 0 Å². The van der Waals surface area contributed by atoms with Gasteiger partial charge in [-0.15, -0.1) is 10.2 Å². The van der Waals surface area contributed by atoms with Crippen LogP contribution in [0.1, 0.15) is 34.3 Å². The highest BCUT2D eigenvalue weighted by Gasteiger charge is 2.31. The second kappa shape index (κ2) is 5.76. The number of aromatic nitrogens is 5. The van der Waals surface area contributed by atoms with E-state index in [1.165, 1.54) is 6.20 Å². The molecule has 1 fully saturated rings. The molecule has 10 heteroatoms. The summed E-state index contributed by atoms with van der Waals surface area (Å²) in [4.78, 5) is 12.3. The molecule has 2 aromatic heterocycles. The molecule has 3 heterocycles. The van der Waals surface area contributed by atoms with Crippen LogP contribution >= 0.6 is 0 Å². The normalized spacial score (nSPS) is 19.8. The van der Waals surface area contributed by atoms with Gasteiger partial charge in [0.15, 0.2) is 15.7 Å². The Balaban J connectivity index is 1.71. The predicted molar refractivity (Wildman–Crippen MR) is 81.4 cm³/mol. The predicted octanol–water partition coefficient (Wildman–Crippen LogP) is -0.390. The van der Waals surface area contributed by atoms with Gasteiger partial charge in [-0.1, -0.05) is 0 Å². The van der Waals surface area contributed by atoms with Crippen molar-refractivity contribution < 1.29 is 13.2 Å². The second-order valence-electron chi connectivity index (χ2n) is 5.69. The van der Waals surface area contributed by atoms with Gasteiger partial charge in [0.1, 0.15) is 6.33 Å². The Hall–Kier alpha value is -2.23. The van der Waals surface area contributed by atoms with E-state index in [-0.39, 0.29) is 30.0 Å². The first-order valence-electron chi connectivity index (χ1n) is 7.23. The van der Waals surface area contributed by atoms with Crippen LogP contribution in [0.15, 0.2) is 12.5 Å². The van der Waals surface area contributed by atoms with E-state index < -0.39 is 9.84 Å². The summed E-state index contributed by atoms with van der Waals surface area (Å²) in [7, 11) is -1.20. The summed E-state index contributed by atoms with van der Waals surface area (Å²) in [5.74, 6) is 0.628. The molecule has 1 aliphatic rings. The van der Waals surface area contributed by atoms with E-state index in [0.29, 0.717) is 23.5 Å². The molecule has 1 aliphatic heterocycles. The van der Waals surface area contributed by atoms with Crippen molar-refractivity contribution in [3.8, 4) is 0 Å². The molecule has 1 amide bonds. The topological polar surface area (TPSA) is 112 Å². The number of amides is 1. The van der Waals surface area contributed by atoms with E-state index in [1.54, 1.807) is 29.5 Å². The molecule has 0 aromatic carbocycles. The van der Waals surface area contributed by atoms with Crippen molar-refractivity contribution in [2.24, 2.45) is 7.05 Å². The molecule has 0 unspecified atom stereocenters. The van der Waals surface area contributed by atoms with Crippen molar-refractivity contribution in [2.75, 3.05) is 11.5 Å². The van der Waals surface area contributed by atoms with Crippen LogP contribution in [0.3, 0.4) is 0 Å². The number of hydrogen-bond donors (Lipinski definition) is 1. The molecule has 2 aromatic rings. The summed E-state index contributed by atoms with van der Waals surface area (Å²) in [5.41, 5.74) is 1.11. The summed E-state index contributed by atoms with van der Waals surface area (Å²) in [6.07, 6.45) is 3.57. The SMILES string of the molecule is Cc1c(C(=O)NCc2nncn2C)cnn1[C@@H]1CCS(=O)(=O)C1. The minimum Gasteiger partial charge on any atom is -0.345 e. The second-order valence-corrected chi connectivity index (χ2v) is 7.91. The molecule has 3 rings (SSSR count). The standard InChI is InChI=1S/C13H18N6O3S/c1-9-11(13(20)14-6-12-17-15-8-18(12)2)5-16-19(9)10-3-4-23(21,22)7-10/h5,8,10H,3-4,6-7H2,1-2H3,(H,14,20)/t10-/m1/s1. The third-order valence-corrected chi connectivity index (χ3v) is 5.81. The number of nitrogens with one attached hydrogen (secondary N) is 1. The highest BCUT2D eigenvalue weighted by molar-refractivity contribution is 7.91. The average Bonchev–Trinajstić information content (AvgIpc) is 3.16. The highest BCUT2D eigenvalue weighted by Crippen LogP contribution is 2.25. The average molecular weight is 338 g/mol. The Kier molecular flexibility index (Phi) is 3.92. The largest absolute Gasteiger partial charge is 0.345 e. The Morgan fingerprint density at radius 2 is 2.26 bits per heavy atom. The molecular weight excluding hydrogens is 320 g/mol. The van der Waals surface area contributed by atoms with Gasteiger partial charge in [-0.25, -0.2) is 8.42 Å². The lowest BCUT2D eigenvalue weighted by atomic mass is 10.2. The number of nitrogens with zero attached hydrogens (tertiary/aromatic N) is 5. The summed E-state index contributed by atoms with van der Waals surface area (Å²) >= 11 is 0. The first-order valence-corrected chi connectivity index (χ1v) is 9.05. The van der Waals surface area contributed by atoms with Gasteiger partial charge in [0.05, 0.1) is 35.9 Å². The van der Waals surface area contributed by atoms with Crippen LogP contribution in [0.4, 0.5) is 0 Å². The monoisotopic (exact) mass is 338 g/mol. The zero-order chi connectivity index (χ0) is 16.6. The Morgan fingerprint density at radius 1 is 1.48 bits per heavy atom. The van der Waals surface area contributed by atoms with Gasteiger partial charge < -0.3 is 9.88 Å². The van der Waals surface area contributed by atoms with Crippen LogP contribution in [-0.4, -0.2) is 50.4 Å². The minimum absolute atomic E-state index is 0.0789. The Bertz CT molecular complexity index is 838. The molecule has 0 saturated carbocycles. The Labute approximate surface area is 133 Å². The van der Waals surface area contributed by atoms with E-state index in [0.717, 1.165) is 0 Å². The van der Waals surface area contributed by atoms with Crippen molar-refractivity contribution in [2.45, 2.75) is 25.9 Å². The molecule has 124 valence electrons. The third kappa shape index (κ3) is 3.11. The van der Waals surface area contributed by atoms with Gasteiger partial charge in [-0.05, 0) is 13.3 Å². The molecule has 1 saturated heterocycles. The van der Waals surface area contributed by atoms with Crippen molar-refractivity contribution in [1.29, 1.82) is 0 Å². The fraction of sp³-hybridized carbons (Fsp3) is 0.538. The smallest absolute Gasteiger partial charge is 0.255 e. The van der Waals surface area contributed by atoms with Gasteiger partial charge in [0.2, 0.25) is 0 Å². The molecule has 9 nitrogen and oxygen atoms in total. The van der Waals surface area contributed by atoms with Gasteiger partial charge in [0, 0.05) is 12.7 Å². The number of hydrogen-bond acceptors (Lipinski definition) is 6. The van der Waals surface area contributed by atoms with Crippen molar-refractivity contribution in [3.05, 3.63) is 29.6 Å². The lowest BCUT2D eigenvalue weighted by Crippen LogP contribution is -2.25. The fourth-order valence-electron chi connectivity index (χ4n) is 2.70. The molecule has 0 aliphatic carbocycles.